The van der Waals surface area contributed by atoms with Gasteiger partial charge in [0.25, 0.3) is 0 Å². The number of furan rings is 1. The van der Waals surface area contributed by atoms with Crippen molar-refractivity contribution >= 4 is 10.0 Å². The second-order valence-corrected chi connectivity index (χ2v) is 7.25. The first kappa shape index (κ1) is 18.5. The van der Waals surface area contributed by atoms with Crippen LogP contribution in [0.15, 0.2) is 22.8 Å². The third kappa shape index (κ3) is 4.84. The maximum atomic E-state index is 12.1. The lowest BCUT2D eigenvalue weighted by Crippen LogP contribution is -2.31. The van der Waals surface area contributed by atoms with Crippen molar-refractivity contribution in [1.29, 1.82) is 0 Å². The van der Waals surface area contributed by atoms with Gasteiger partial charge in [0.05, 0.1) is 36.2 Å². The lowest BCUT2D eigenvalue weighted by Gasteiger charge is -2.09. The Morgan fingerprint density at radius 3 is 2.62 bits per heavy atom. The first-order valence-electron chi connectivity index (χ1n) is 7.21. The molecule has 0 aliphatic carbocycles. The number of nitrogens with one attached hydrogen (secondary N) is 1. The van der Waals surface area contributed by atoms with Crippen molar-refractivity contribution in [2.75, 3.05) is 12.3 Å². The molecule has 1 N–H and O–H groups in total. The summed E-state index contributed by atoms with van der Waals surface area (Å²) >= 11 is 0. The third-order valence-electron chi connectivity index (χ3n) is 3.45. The summed E-state index contributed by atoms with van der Waals surface area (Å²) in [5, 5.41) is 4.31. The number of hydrogen-bond donors (Lipinski definition) is 1. The summed E-state index contributed by atoms with van der Waals surface area (Å²) in [5.74, 6) is -0.326. The van der Waals surface area contributed by atoms with E-state index in [0.29, 0.717) is 5.76 Å². The lowest BCUT2D eigenvalue weighted by atomic mass is 10.1. The van der Waals surface area contributed by atoms with Crippen molar-refractivity contribution < 1.29 is 26.0 Å². The molecule has 0 saturated carbocycles. The molecule has 0 amide bonds. The highest BCUT2D eigenvalue weighted by molar-refractivity contribution is 7.89. The summed E-state index contributed by atoms with van der Waals surface area (Å²) < 4.78 is 68.5. The van der Waals surface area contributed by atoms with Crippen LogP contribution in [0.25, 0.3) is 11.3 Å². The van der Waals surface area contributed by atoms with Crippen LogP contribution >= 0.6 is 0 Å². The second kappa shape index (κ2) is 6.98. The van der Waals surface area contributed by atoms with Gasteiger partial charge in [0.1, 0.15) is 5.76 Å². The minimum atomic E-state index is -4.50. The molecule has 0 unspecified atom stereocenters. The molecule has 2 heterocycles. The minimum absolute atomic E-state index is 0.0419. The standard InChI is InChI=1S/C14H18F3N3O3S/c1-10-13(12-4-3-8-23-12)11(2)20(19-10)7-6-18-24(21,22)9-5-14(15,16)17/h3-4,8,18H,5-7,9H2,1-2H3. The Hall–Kier alpha value is -1.81. The van der Waals surface area contributed by atoms with Gasteiger partial charge in [-0.15, -0.1) is 0 Å². The molecule has 10 heteroatoms. The monoisotopic (exact) mass is 365 g/mol. The third-order valence-corrected chi connectivity index (χ3v) is 4.83. The van der Waals surface area contributed by atoms with E-state index in [-0.39, 0.29) is 13.1 Å². The number of aryl methyl sites for hydroxylation is 1. The van der Waals surface area contributed by atoms with Crippen molar-refractivity contribution in [3.8, 4) is 11.3 Å². The fraction of sp³-hybridized carbons (Fsp3) is 0.500. The van der Waals surface area contributed by atoms with Crippen LogP contribution in [0.3, 0.4) is 0 Å². The second-order valence-electron chi connectivity index (χ2n) is 5.32. The van der Waals surface area contributed by atoms with Crippen LogP contribution in [0.1, 0.15) is 17.8 Å². The van der Waals surface area contributed by atoms with E-state index in [9.17, 15) is 21.6 Å². The van der Waals surface area contributed by atoms with Crippen LogP contribution in [0, 0.1) is 13.8 Å². The quantitative estimate of drug-likeness (QED) is 0.818. The van der Waals surface area contributed by atoms with Crippen molar-refractivity contribution in [2.24, 2.45) is 0 Å². The predicted molar refractivity (Wildman–Crippen MR) is 81.9 cm³/mol. The van der Waals surface area contributed by atoms with Crippen LogP contribution in [-0.4, -0.2) is 36.7 Å². The highest BCUT2D eigenvalue weighted by Crippen LogP contribution is 2.27. The molecule has 2 aromatic rings. The summed E-state index contributed by atoms with van der Waals surface area (Å²) in [5.41, 5.74) is 2.33. The predicted octanol–water partition coefficient (Wildman–Crippen LogP) is 2.63. The molecule has 24 heavy (non-hydrogen) atoms. The summed E-state index contributed by atoms with van der Waals surface area (Å²) in [6, 6.07) is 3.54. The van der Waals surface area contributed by atoms with E-state index in [1.54, 1.807) is 30.0 Å². The molecule has 2 aromatic heterocycles. The highest BCUT2D eigenvalue weighted by Gasteiger charge is 2.29. The largest absolute Gasteiger partial charge is 0.464 e. The van der Waals surface area contributed by atoms with Gasteiger partial charge in [-0.3, -0.25) is 4.68 Å². The smallest absolute Gasteiger partial charge is 0.390 e. The van der Waals surface area contributed by atoms with Crippen molar-refractivity contribution in [3.63, 3.8) is 0 Å². The van der Waals surface area contributed by atoms with E-state index in [1.165, 1.54) is 0 Å². The number of rotatable bonds is 7. The molecule has 0 atom stereocenters. The van der Waals surface area contributed by atoms with Gasteiger partial charge in [-0.1, -0.05) is 0 Å². The SMILES string of the molecule is Cc1nn(CCNS(=O)(=O)CCC(F)(F)F)c(C)c1-c1ccco1. The molecule has 0 saturated heterocycles. The molecule has 0 radical (unpaired) electrons. The van der Waals surface area contributed by atoms with Crippen LogP contribution in [-0.2, 0) is 16.6 Å². The van der Waals surface area contributed by atoms with Gasteiger partial charge in [-0.25, -0.2) is 13.1 Å². The summed E-state index contributed by atoms with van der Waals surface area (Å²) in [6.45, 7) is 3.78. The number of hydrogen-bond acceptors (Lipinski definition) is 4. The molecular formula is C14H18F3N3O3S. The average molecular weight is 365 g/mol. The number of halogens is 3. The highest BCUT2D eigenvalue weighted by atomic mass is 32.2. The first-order valence-corrected chi connectivity index (χ1v) is 8.86. The van der Waals surface area contributed by atoms with Gasteiger partial charge >= 0.3 is 6.18 Å². The maximum Gasteiger partial charge on any atom is 0.390 e. The maximum absolute atomic E-state index is 12.1. The molecule has 0 aliphatic rings. The van der Waals surface area contributed by atoms with Crippen molar-refractivity contribution in [3.05, 3.63) is 29.8 Å². The number of sulfonamides is 1. The lowest BCUT2D eigenvalue weighted by molar-refractivity contribution is -0.129. The zero-order valence-corrected chi connectivity index (χ0v) is 14.0. The topological polar surface area (TPSA) is 77.1 Å². The molecule has 0 bridgehead atoms. The first-order chi connectivity index (χ1) is 11.1. The Bertz CT molecular complexity index is 780. The van der Waals surface area contributed by atoms with E-state index >= 15 is 0 Å². The van der Waals surface area contributed by atoms with Crippen LogP contribution in [0.5, 0.6) is 0 Å². The van der Waals surface area contributed by atoms with E-state index in [4.69, 9.17) is 4.42 Å². The molecule has 134 valence electrons. The molecule has 6 nitrogen and oxygen atoms in total. The zero-order chi connectivity index (χ0) is 18.0. The fourth-order valence-electron chi connectivity index (χ4n) is 2.32. The van der Waals surface area contributed by atoms with Crippen LogP contribution < -0.4 is 4.72 Å². The van der Waals surface area contributed by atoms with E-state index in [2.05, 4.69) is 9.82 Å². The van der Waals surface area contributed by atoms with Crippen LogP contribution in [0.4, 0.5) is 13.2 Å². The Kier molecular flexibility index (Phi) is 5.38. The normalized spacial score (nSPS) is 12.7. The number of nitrogens with zero attached hydrogens (tertiary/aromatic N) is 2. The fourth-order valence-corrected chi connectivity index (χ4v) is 3.37. The summed E-state index contributed by atoms with van der Waals surface area (Å²) in [6.07, 6.45) is -4.33. The average Bonchev–Trinajstić information content (AvgIpc) is 3.05. The molecule has 0 aromatic carbocycles. The van der Waals surface area contributed by atoms with E-state index in [1.807, 2.05) is 6.92 Å². The molecule has 0 aliphatic heterocycles. The Morgan fingerprint density at radius 1 is 1.33 bits per heavy atom. The van der Waals surface area contributed by atoms with Crippen molar-refractivity contribution in [1.82, 2.24) is 14.5 Å². The Morgan fingerprint density at radius 2 is 2.04 bits per heavy atom. The van der Waals surface area contributed by atoms with Crippen LogP contribution in [0.2, 0.25) is 0 Å². The molecule has 0 fully saturated rings. The van der Waals surface area contributed by atoms with Gasteiger partial charge in [0, 0.05) is 12.2 Å². The van der Waals surface area contributed by atoms with Gasteiger partial charge in [-0.05, 0) is 26.0 Å². The molecule has 0 spiro atoms. The molecule has 2 rings (SSSR count). The molecular weight excluding hydrogens is 347 g/mol. The zero-order valence-electron chi connectivity index (χ0n) is 13.2. The van der Waals surface area contributed by atoms with Gasteiger partial charge in [0.15, 0.2) is 0 Å². The van der Waals surface area contributed by atoms with E-state index in [0.717, 1.165) is 17.0 Å². The number of alkyl halides is 3. The van der Waals surface area contributed by atoms with Gasteiger partial charge in [0.2, 0.25) is 10.0 Å². The summed E-state index contributed by atoms with van der Waals surface area (Å²) in [7, 11) is -3.97. The van der Waals surface area contributed by atoms with Gasteiger partial charge in [-0.2, -0.15) is 18.3 Å². The van der Waals surface area contributed by atoms with Gasteiger partial charge < -0.3 is 4.42 Å². The number of aromatic nitrogens is 2. The minimum Gasteiger partial charge on any atom is -0.464 e. The Labute approximate surface area is 137 Å². The summed E-state index contributed by atoms with van der Waals surface area (Å²) in [4.78, 5) is 0. The van der Waals surface area contributed by atoms with Crippen molar-refractivity contribution in [2.45, 2.75) is 33.0 Å². The Balaban J connectivity index is 1.97. The van der Waals surface area contributed by atoms with E-state index < -0.39 is 28.4 Å².